The molecular weight excluding hydrogens is 298 g/mol. The highest BCUT2D eigenvalue weighted by Gasteiger charge is 2.27. The Balaban J connectivity index is 1.68. The van der Waals surface area contributed by atoms with Crippen molar-refractivity contribution < 1.29 is 4.79 Å². The summed E-state index contributed by atoms with van der Waals surface area (Å²) in [5.41, 5.74) is 4.01. The summed E-state index contributed by atoms with van der Waals surface area (Å²) in [6, 6.07) is 12.3. The summed E-state index contributed by atoms with van der Waals surface area (Å²) in [5.74, 6) is 1.11. The zero-order valence-corrected chi connectivity index (χ0v) is 13.9. The number of H-pyrrole nitrogens is 1. The maximum atomic E-state index is 12.8. The van der Waals surface area contributed by atoms with Gasteiger partial charge in [0.15, 0.2) is 0 Å². The highest BCUT2D eigenvalue weighted by Crippen LogP contribution is 2.38. The van der Waals surface area contributed by atoms with Crippen molar-refractivity contribution in [1.82, 2.24) is 9.88 Å². The zero-order chi connectivity index (χ0) is 16.5. The van der Waals surface area contributed by atoms with E-state index in [9.17, 15) is 4.79 Å². The van der Waals surface area contributed by atoms with Crippen LogP contribution in [0.4, 0.5) is 11.5 Å². The molecule has 1 fully saturated rings. The molecule has 0 bridgehead atoms. The lowest BCUT2D eigenvalue weighted by atomic mass is 10.0. The molecule has 4 nitrogen and oxygen atoms in total. The van der Waals surface area contributed by atoms with E-state index in [1.165, 1.54) is 6.42 Å². The minimum atomic E-state index is 0.116. The molecule has 4 heteroatoms. The summed E-state index contributed by atoms with van der Waals surface area (Å²) in [5, 5.41) is 0. The number of hydrogen-bond donors (Lipinski definition) is 1. The lowest BCUT2D eigenvalue weighted by molar-refractivity contribution is 0.0719. The number of nitrogens with zero attached hydrogens (tertiary/aromatic N) is 2. The number of carbonyl (C=O) groups excluding carboxylic acids is 1. The molecule has 2 aliphatic rings. The third-order valence-corrected chi connectivity index (χ3v) is 5.03. The summed E-state index contributed by atoms with van der Waals surface area (Å²) in [6.45, 7) is 6.81. The molecule has 3 heterocycles. The molecule has 0 spiro atoms. The summed E-state index contributed by atoms with van der Waals surface area (Å²) in [4.78, 5) is 20.4. The van der Waals surface area contributed by atoms with Crippen molar-refractivity contribution in [1.29, 1.82) is 0 Å². The van der Waals surface area contributed by atoms with E-state index in [1.54, 1.807) is 0 Å². The molecule has 1 saturated heterocycles. The molecule has 0 atom stereocenters. The monoisotopic (exact) mass is 321 g/mol. The third-order valence-electron chi connectivity index (χ3n) is 5.03. The van der Waals surface area contributed by atoms with E-state index in [-0.39, 0.29) is 5.91 Å². The fourth-order valence-corrected chi connectivity index (χ4v) is 3.67. The Morgan fingerprint density at radius 1 is 1.04 bits per heavy atom. The Bertz CT molecular complexity index is 756. The number of anilines is 2. The van der Waals surface area contributed by atoms with Gasteiger partial charge in [0, 0.05) is 30.9 Å². The van der Waals surface area contributed by atoms with Gasteiger partial charge in [0.2, 0.25) is 0 Å². The van der Waals surface area contributed by atoms with E-state index in [1.807, 2.05) is 29.2 Å². The second-order valence-corrected chi connectivity index (χ2v) is 6.64. The van der Waals surface area contributed by atoms with Crippen molar-refractivity contribution >= 4 is 23.0 Å². The Hall–Kier alpha value is -2.49. The van der Waals surface area contributed by atoms with Crippen LogP contribution < -0.4 is 4.90 Å². The minimum absolute atomic E-state index is 0.116. The molecule has 1 aromatic carbocycles. The van der Waals surface area contributed by atoms with E-state index in [0.717, 1.165) is 61.5 Å². The second-order valence-electron chi connectivity index (χ2n) is 6.64. The number of carbonyl (C=O) groups is 1. The molecule has 124 valence electrons. The lowest BCUT2D eigenvalue weighted by Gasteiger charge is -2.30. The van der Waals surface area contributed by atoms with Gasteiger partial charge in [-0.25, -0.2) is 0 Å². The number of likely N-dealkylation sites (tertiary alicyclic amines) is 1. The number of nitrogens with one attached hydrogen (secondary N) is 1. The molecule has 1 aromatic heterocycles. The number of piperidine rings is 1. The summed E-state index contributed by atoms with van der Waals surface area (Å²) >= 11 is 0. The number of amides is 1. The van der Waals surface area contributed by atoms with Crippen molar-refractivity contribution in [2.24, 2.45) is 0 Å². The Kier molecular flexibility index (Phi) is 3.89. The van der Waals surface area contributed by atoms with Crippen LogP contribution in [0.2, 0.25) is 0 Å². The number of aromatic amines is 1. The van der Waals surface area contributed by atoms with E-state index >= 15 is 0 Å². The SMILES string of the molecule is C=C1CCN(c2ccccc2)c2[nH]c(C(=O)N3CCCCC3)cc21. The Morgan fingerprint density at radius 2 is 1.79 bits per heavy atom. The number of para-hydroxylation sites is 1. The van der Waals surface area contributed by atoms with Crippen LogP contribution in [0.3, 0.4) is 0 Å². The molecule has 24 heavy (non-hydrogen) atoms. The fourth-order valence-electron chi connectivity index (χ4n) is 3.67. The van der Waals surface area contributed by atoms with Crippen molar-refractivity contribution in [2.45, 2.75) is 25.7 Å². The molecule has 2 aliphatic heterocycles. The van der Waals surface area contributed by atoms with Crippen LogP contribution in [0.5, 0.6) is 0 Å². The van der Waals surface area contributed by atoms with Gasteiger partial charge in [-0.15, -0.1) is 0 Å². The largest absolute Gasteiger partial charge is 0.337 e. The van der Waals surface area contributed by atoms with Gasteiger partial charge in [0.05, 0.1) is 0 Å². The standard InChI is InChI=1S/C20H23N3O/c1-15-10-13-23(16-8-4-2-5-9-16)19-17(15)14-18(21-19)20(24)22-11-6-3-7-12-22/h2,4-5,8-9,14,21H,1,3,6-7,10-13H2. The van der Waals surface area contributed by atoms with E-state index < -0.39 is 0 Å². The lowest BCUT2D eigenvalue weighted by Crippen LogP contribution is -2.35. The average molecular weight is 321 g/mol. The van der Waals surface area contributed by atoms with Crippen molar-refractivity contribution in [3.63, 3.8) is 0 Å². The van der Waals surface area contributed by atoms with Crippen LogP contribution in [0, 0.1) is 0 Å². The predicted molar refractivity (Wildman–Crippen MR) is 97.6 cm³/mol. The first kappa shape index (κ1) is 15.1. The zero-order valence-electron chi connectivity index (χ0n) is 13.9. The number of hydrogen-bond acceptors (Lipinski definition) is 2. The summed E-state index contributed by atoms with van der Waals surface area (Å²) < 4.78 is 0. The quantitative estimate of drug-likeness (QED) is 0.900. The molecule has 0 saturated carbocycles. The van der Waals surface area contributed by atoms with Gasteiger partial charge >= 0.3 is 0 Å². The van der Waals surface area contributed by atoms with Crippen molar-refractivity contribution in [2.75, 3.05) is 24.5 Å². The van der Waals surface area contributed by atoms with Crippen LogP contribution in [0.15, 0.2) is 43.0 Å². The fraction of sp³-hybridized carbons (Fsp3) is 0.350. The maximum Gasteiger partial charge on any atom is 0.270 e. The van der Waals surface area contributed by atoms with Gasteiger partial charge in [-0.1, -0.05) is 24.8 Å². The van der Waals surface area contributed by atoms with Gasteiger partial charge in [0.1, 0.15) is 11.5 Å². The minimum Gasteiger partial charge on any atom is -0.337 e. The molecule has 0 aliphatic carbocycles. The molecular formula is C20H23N3O. The number of rotatable bonds is 2. The molecule has 4 rings (SSSR count). The van der Waals surface area contributed by atoms with Gasteiger partial charge in [-0.05, 0) is 49.5 Å². The van der Waals surface area contributed by atoms with Gasteiger partial charge in [-0.3, -0.25) is 4.79 Å². The van der Waals surface area contributed by atoms with E-state index in [4.69, 9.17) is 0 Å². The Morgan fingerprint density at radius 3 is 2.54 bits per heavy atom. The Labute approximate surface area is 142 Å². The van der Waals surface area contributed by atoms with Gasteiger partial charge < -0.3 is 14.8 Å². The predicted octanol–water partition coefficient (Wildman–Crippen LogP) is 4.20. The molecule has 0 unspecified atom stereocenters. The van der Waals surface area contributed by atoms with Gasteiger partial charge in [-0.2, -0.15) is 0 Å². The average Bonchev–Trinajstić information content (AvgIpc) is 3.09. The second kappa shape index (κ2) is 6.19. The van der Waals surface area contributed by atoms with E-state index in [0.29, 0.717) is 5.69 Å². The van der Waals surface area contributed by atoms with Crippen LogP contribution >= 0.6 is 0 Å². The number of benzene rings is 1. The maximum absolute atomic E-state index is 12.8. The highest BCUT2D eigenvalue weighted by atomic mass is 16.2. The van der Waals surface area contributed by atoms with Crippen molar-refractivity contribution in [3.05, 3.63) is 54.2 Å². The molecule has 2 aromatic rings. The first-order valence-corrected chi connectivity index (χ1v) is 8.77. The molecule has 0 radical (unpaired) electrons. The summed E-state index contributed by atoms with van der Waals surface area (Å²) in [6.07, 6.45) is 4.35. The highest BCUT2D eigenvalue weighted by molar-refractivity contribution is 5.96. The summed E-state index contributed by atoms with van der Waals surface area (Å²) in [7, 11) is 0. The van der Waals surface area contributed by atoms with Crippen LogP contribution in [0.25, 0.3) is 5.57 Å². The topological polar surface area (TPSA) is 39.3 Å². The van der Waals surface area contributed by atoms with E-state index in [2.05, 4.69) is 28.6 Å². The molecule has 1 amide bonds. The first-order valence-electron chi connectivity index (χ1n) is 8.77. The van der Waals surface area contributed by atoms with Crippen LogP contribution in [0.1, 0.15) is 41.7 Å². The van der Waals surface area contributed by atoms with Gasteiger partial charge in [0.25, 0.3) is 5.91 Å². The molecule has 1 N–H and O–H groups in total. The van der Waals surface area contributed by atoms with Crippen LogP contribution in [-0.2, 0) is 0 Å². The number of aromatic nitrogens is 1. The van der Waals surface area contributed by atoms with Crippen molar-refractivity contribution in [3.8, 4) is 0 Å². The normalized spacial score (nSPS) is 17.8. The first-order chi connectivity index (χ1) is 11.7. The smallest absolute Gasteiger partial charge is 0.270 e. The number of fused-ring (bicyclic) bond motifs is 1. The van der Waals surface area contributed by atoms with Crippen LogP contribution in [-0.4, -0.2) is 35.4 Å². The third kappa shape index (κ3) is 2.62.